The van der Waals surface area contributed by atoms with Crippen LogP contribution in [0, 0.1) is 0 Å². The number of aromatic hydroxyl groups is 3. The molecule has 1 unspecified atom stereocenters. The van der Waals surface area contributed by atoms with Gasteiger partial charge in [-0.15, -0.1) is 0 Å². The van der Waals surface area contributed by atoms with Crippen LogP contribution in [0.1, 0.15) is 200 Å². The maximum absolute atomic E-state index is 11.4. The molecule has 0 saturated heterocycles. The highest BCUT2D eigenvalue weighted by molar-refractivity contribution is 5.77. The average Bonchev–Trinajstić information content (AvgIpc) is 3.20. The van der Waals surface area contributed by atoms with Crippen molar-refractivity contribution in [3.05, 3.63) is 159 Å². The maximum Gasteiger partial charge on any atom is 0.116 e. The van der Waals surface area contributed by atoms with E-state index in [1.807, 2.05) is 36.4 Å². The highest BCUT2D eigenvalue weighted by Crippen LogP contribution is 2.48. The van der Waals surface area contributed by atoms with Crippen LogP contribution in [0.4, 0.5) is 0 Å². The largest absolute Gasteiger partial charge is 0.508 e. The summed E-state index contributed by atoms with van der Waals surface area (Å²) in [7, 11) is 0. The monoisotopic (exact) mass is 899 g/mol. The highest BCUT2D eigenvalue weighted by Gasteiger charge is 2.30. The Morgan fingerprint density at radius 1 is 0.313 bits per heavy atom. The van der Waals surface area contributed by atoms with Gasteiger partial charge in [-0.2, -0.15) is 0 Å². The molecule has 0 spiro atoms. The quantitative estimate of drug-likeness (QED) is 0.143. The third kappa shape index (κ3) is 11.7. The molecule has 0 aromatic heterocycles. The van der Waals surface area contributed by atoms with Crippen molar-refractivity contribution in [1.82, 2.24) is 0 Å². The van der Waals surface area contributed by atoms with Gasteiger partial charge in [0, 0.05) is 5.92 Å². The van der Waals surface area contributed by atoms with Crippen molar-refractivity contribution in [3.63, 3.8) is 0 Å². The van der Waals surface area contributed by atoms with E-state index >= 15 is 0 Å². The van der Waals surface area contributed by atoms with Gasteiger partial charge >= 0.3 is 0 Å². The van der Waals surface area contributed by atoms with E-state index in [1.165, 1.54) is 33.4 Å². The zero-order valence-corrected chi connectivity index (χ0v) is 44.6. The molecule has 0 saturated carbocycles. The Labute approximate surface area is 405 Å². The van der Waals surface area contributed by atoms with Crippen LogP contribution in [-0.2, 0) is 32.5 Å². The lowest BCUT2D eigenvalue weighted by atomic mass is 9.73. The summed E-state index contributed by atoms with van der Waals surface area (Å²) < 4.78 is 0. The Balaban J connectivity index is 1.69. The van der Waals surface area contributed by atoms with Crippen molar-refractivity contribution in [3.8, 4) is 50.6 Å². The molecule has 6 aromatic rings. The van der Waals surface area contributed by atoms with Gasteiger partial charge in [0.1, 0.15) is 17.2 Å². The Hall–Kier alpha value is -5.28. The molecule has 3 heteroatoms. The normalized spacial score (nSPS) is 13.6. The topological polar surface area (TPSA) is 60.7 Å². The van der Waals surface area contributed by atoms with Crippen LogP contribution in [0.3, 0.4) is 0 Å². The minimum atomic E-state index is -0.193. The summed E-state index contributed by atoms with van der Waals surface area (Å²) in [6.45, 7) is 43.1. The molecule has 6 aromatic carbocycles. The molecular weight excluding hydrogens is 817 g/mol. The van der Waals surface area contributed by atoms with Crippen molar-refractivity contribution in [2.75, 3.05) is 0 Å². The molecule has 0 bridgehead atoms. The van der Waals surface area contributed by atoms with Crippen LogP contribution in [0.2, 0.25) is 0 Å². The molecular formula is C64H82O3. The molecule has 1 atom stereocenters. The molecule has 6 rings (SSSR count). The van der Waals surface area contributed by atoms with Crippen LogP contribution in [0.25, 0.3) is 33.4 Å². The third-order valence-corrected chi connectivity index (χ3v) is 13.9. The second kappa shape index (κ2) is 18.0. The van der Waals surface area contributed by atoms with Gasteiger partial charge in [0.2, 0.25) is 0 Å². The molecule has 67 heavy (non-hydrogen) atoms. The lowest BCUT2D eigenvalue weighted by Gasteiger charge is -2.31. The predicted molar refractivity (Wildman–Crippen MR) is 288 cm³/mol. The van der Waals surface area contributed by atoms with Crippen molar-refractivity contribution < 1.29 is 15.3 Å². The maximum atomic E-state index is 11.4. The molecule has 0 radical (unpaired) electrons. The minimum Gasteiger partial charge on any atom is -0.508 e. The lowest BCUT2D eigenvalue weighted by Crippen LogP contribution is -2.17. The van der Waals surface area contributed by atoms with E-state index in [4.69, 9.17) is 0 Å². The number of phenolic OH excluding ortho intramolecular Hbond substituents is 3. The first-order chi connectivity index (χ1) is 30.6. The second-order valence-corrected chi connectivity index (χ2v) is 25.9. The van der Waals surface area contributed by atoms with Gasteiger partial charge in [0.05, 0.1) is 0 Å². The molecule has 356 valence electrons. The van der Waals surface area contributed by atoms with E-state index in [1.54, 1.807) is 0 Å². The summed E-state index contributed by atoms with van der Waals surface area (Å²) in [5.74, 6) is 0.483. The molecule has 3 N–H and O–H groups in total. The summed E-state index contributed by atoms with van der Waals surface area (Å²) in [4.78, 5) is 0. The van der Waals surface area contributed by atoms with E-state index in [-0.39, 0.29) is 61.6 Å². The first-order valence-corrected chi connectivity index (χ1v) is 24.6. The SMILES string of the molecule is CC(CC(c1ccc(O)cc1-c1cc(C(C)(C)C)cc(C(C)(C)C)c1)c1ccc(O)cc1-c1cc(C(C)(C)C)cc(C(C)(C)C)c1)c1ccc(O)cc1-c1cc(C(C)(C)C)cc(C(C)(C)C)c1. The lowest BCUT2D eigenvalue weighted by molar-refractivity contribution is 0.474. The Morgan fingerprint density at radius 2 is 0.537 bits per heavy atom. The van der Waals surface area contributed by atoms with E-state index in [0.29, 0.717) is 6.42 Å². The first-order valence-electron chi connectivity index (χ1n) is 24.6. The molecule has 0 aliphatic heterocycles. The van der Waals surface area contributed by atoms with Gasteiger partial charge in [0.25, 0.3) is 0 Å². The third-order valence-electron chi connectivity index (χ3n) is 13.9. The van der Waals surface area contributed by atoms with Crippen molar-refractivity contribution in [2.45, 2.75) is 182 Å². The highest BCUT2D eigenvalue weighted by atomic mass is 16.3. The average molecular weight is 899 g/mol. The Kier molecular flexibility index (Phi) is 13.7. The van der Waals surface area contributed by atoms with E-state index in [0.717, 1.165) is 50.1 Å². The summed E-state index contributed by atoms with van der Waals surface area (Å²) in [6, 6.07) is 38.7. The fraction of sp³-hybridized carbons (Fsp3) is 0.438. The predicted octanol–water partition coefficient (Wildman–Crippen LogP) is 17.9. The Bertz CT molecular complexity index is 2540. The molecule has 0 aliphatic rings. The van der Waals surface area contributed by atoms with Gasteiger partial charge in [0.15, 0.2) is 0 Å². The van der Waals surface area contributed by atoms with Crippen LogP contribution in [0.15, 0.2) is 109 Å². The van der Waals surface area contributed by atoms with E-state index < -0.39 is 0 Å². The zero-order valence-electron chi connectivity index (χ0n) is 44.6. The molecule has 3 nitrogen and oxygen atoms in total. The van der Waals surface area contributed by atoms with Crippen molar-refractivity contribution in [2.24, 2.45) is 0 Å². The molecule has 0 amide bonds. The number of phenols is 3. The van der Waals surface area contributed by atoms with E-state index in [9.17, 15) is 15.3 Å². The zero-order chi connectivity index (χ0) is 50.0. The van der Waals surface area contributed by atoms with Crippen LogP contribution in [-0.4, -0.2) is 15.3 Å². The summed E-state index contributed by atoms with van der Waals surface area (Å²) in [5, 5.41) is 34.1. The molecule has 0 fully saturated rings. The second-order valence-electron chi connectivity index (χ2n) is 25.9. The van der Waals surface area contributed by atoms with Gasteiger partial charge in [-0.3, -0.25) is 0 Å². The van der Waals surface area contributed by atoms with Crippen LogP contribution < -0.4 is 0 Å². The standard InChI is InChI=1S/C64H82O3/c1-39(52-23-20-49(65)36-55(52)40-27-43(59(2,3)4)33-44(28-40)60(5,6)7)26-58(53-24-21-50(66)37-56(53)41-29-45(61(8,9)10)34-46(30-41)62(11,12)13)54-25-22-51(67)38-57(54)42-31-47(63(14,15)16)35-48(32-42)64(17,18)19/h20-25,27-39,58,65-67H,26H2,1-19H3. The summed E-state index contributed by atoms with van der Waals surface area (Å²) in [6.07, 6.45) is 0.703. The first kappa shape index (κ1) is 51.1. The van der Waals surface area contributed by atoms with Crippen molar-refractivity contribution >= 4 is 0 Å². The fourth-order valence-electron chi connectivity index (χ4n) is 9.27. The van der Waals surface area contributed by atoms with Crippen LogP contribution >= 0.6 is 0 Å². The van der Waals surface area contributed by atoms with Gasteiger partial charge in [-0.05, 0) is 165 Å². The smallest absolute Gasteiger partial charge is 0.116 e. The van der Waals surface area contributed by atoms with Crippen LogP contribution in [0.5, 0.6) is 17.2 Å². The van der Waals surface area contributed by atoms with Gasteiger partial charge < -0.3 is 15.3 Å². The Morgan fingerprint density at radius 3 is 0.776 bits per heavy atom. The molecule has 0 heterocycles. The van der Waals surface area contributed by atoms with Crippen molar-refractivity contribution in [1.29, 1.82) is 0 Å². The number of hydrogen-bond donors (Lipinski definition) is 3. The number of rotatable bonds is 8. The summed E-state index contributed by atoms with van der Waals surface area (Å²) >= 11 is 0. The molecule has 0 aliphatic carbocycles. The number of benzene rings is 6. The van der Waals surface area contributed by atoms with Gasteiger partial charge in [-0.1, -0.05) is 204 Å². The van der Waals surface area contributed by atoms with E-state index in [2.05, 4.69) is 204 Å². The number of hydrogen-bond acceptors (Lipinski definition) is 3. The van der Waals surface area contributed by atoms with Gasteiger partial charge in [-0.25, -0.2) is 0 Å². The fourth-order valence-corrected chi connectivity index (χ4v) is 9.27. The summed E-state index contributed by atoms with van der Waals surface area (Å²) in [5.41, 5.74) is 16.5. The minimum absolute atomic E-state index is 0.00243.